The van der Waals surface area contributed by atoms with Gasteiger partial charge in [-0.15, -0.1) is 0 Å². The topological polar surface area (TPSA) is 103 Å². The summed E-state index contributed by atoms with van der Waals surface area (Å²) in [6.45, 7) is 4.21. The van der Waals surface area contributed by atoms with Crippen LogP contribution in [-0.4, -0.2) is 51.3 Å². The van der Waals surface area contributed by atoms with Gasteiger partial charge in [0.25, 0.3) is 0 Å². The molecule has 1 heterocycles. The highest BCUT2D eigenvalue weighted by molar-refractivity contribution is 5.85. The molecule has 4 N–H and O–H groups in total. The summed E-state index contributed by atoms with van der Waals surface area (Å²) in [6.07, 6.45) is 1.66. The van der Waals surface area contributed by atoms with Gasteiger partial charge in [-0.2, -0.15) is 0 Å². The molecule has 0 spiro atoms. The maximum Gasteiger partial charge on any atom is 0.239 e. The average Bonchev–Trinajstić information content (AvgIpc) is 2.66. The molecule has 0 aliphatic carbocycles. The Bertz CT molecular complexity index is 568. The van der Waals surface area contributed by atoms with Crippen molar-refractivity contribution in [2.24, 2.45) is 5.73 Å². The number of nitrogens with one attached hydrogen (secondary N) is 2. The number of amides is 2. The fraction of sp³-hybridized carbons (Fsp3) is 0.556. The maximum atomic E-state index is 12.0. The summed E-state index contributed by atoms with van der Waals surface area (Å²) in [5.74, 6) is 0.267. The van der Waals surface area contributed by atoms with Crippen LogP contribution in [-0.2, 0) is 19.7 Å². The zero-order chi connectivity index (χ0) is 18.1. The minimum absolute atomic E-state index is 0.0636. The van der Waals surface area contributed by atoms with Gasteiger partial charge in [0.2, 0.25) is 11.8 Å². The van der Waals surface area contributed by atoms with E-state index in [0.29, 0.717) is 26.4 Å². The van der Waals surface area contributed by atoms with Gasteiger partial charge in [-0.05, 0) is 37.5 Å². The first-order chi connectivity index (χ1) is 12.1. The number of ether oxygens (including phenoxy) is 2. The lowest BCUT2D eigenvalue weighted by molar-refractivity contribution is -0.125. The summed E-state index contributed by atoms with van der Waals surface area (Å²) in [4.78, 5) is 23.1. The van der Waals surface area contributed by atoms with Crippen molar-refractivity contribution < 1.29 is 19.1 Å². The molecule has 0 bridgehead atoms. The quantitative estimate of drug-likeness (QED) is 0.627. The predicted molar refractivity (Wildman–Crippen MR) is 94.4 cm³/mol. The van der Waals surface area contributed by atoms with Crippen LogP contribution in [0, 0.1) is 0 Å². The van der Waals surface area contributed by atoms with E-state index in [1.165, 1.54) is 0 Å². The van der Waals surface area contributed by atoms with E-state index in [0.717, 1.165) is 24.2 Å². The fourth-order valence-corrected chi connectivity index (χ4v) is 2.98. The van der Waals surface area contributed by atoms with E-state index in [1.54, 1.807) is 0 Å². The molecule has 138 valence electrons. The lowest BCUT2D eigenvalue weighted by Gasteiger charge is -2.38. The van der Waals surface area contributed by atoms with Crippen molar-refractivity contribution in [2.75, 3.05) is 39.5 Å². The van der Waals surface area contributed by atoms with Crippen molar-refractivity contribution in [1.29, 1.82) is 0 Å². The van der Waals surface area contributed by atoms with Gasteiger partial charge in [0, 0.05) is 25.2 Å². The molecule has 0 radical (unpaired) electrons. The Balaban J connectivity index is 2.02. The van der Waals surface area contributed by atoms with Gasteiger partial charge in [0.15, 0.2) is 0 Å². The van der Waals surface area contributed by atoms with Crippen LogP contribution in [0.15, 0.2) is 24.3 Å². The Morgan fingerprint density at radius 1 is 1.16 bits per heavy atom. The van der Waals surface area contributed by atoms with Crippen LogP contribution < -0.4 is 21.1 Å². The van der Waals surface area contributed by atoms with E-state index in [2.05, 4.69) is 22.8 Å². The zero-order valence-electron chi connectivity index (χ0n) is 14.7. The normalized spacial score (nSPS) is 16.1. The van der Waals surface area contributed by atoms with Gasteiger partial charge in [-0.25, -0.2) is 0 Å². The molecule has 7 heteroatoms. The van der Waals surface area contributed by atoms with E-state index in [4.69, 9.17) is 15.2 Å². The predicted octanol–water partition coefficient (Wildman–Crippen LogP) is 0.325. The average molecular weight is 349 g/mol. The number of benzene rings is 1. The molecule has 0 saturated carbocycles. The summed E-state index contributed by atoms with van der Waals surface area (Å²) < 4.78 is 11.0. The zero-order valence-corrected chi connectivity index (χ0v) is 14.7. The Hall–Kier alpha value is -2.12. The number of rotatable bonds is 8. The standard InChI is InChI=1S/C18H27N3O4/c1-2-25-15-5-3-14(4-6-15)18(7-9-24-10-8-18)13-21-17(23)12-20-16(22)11-19/h3-6H,2,7-13,19H2,1H3,(H,20,22)(H,21,23). The molecule has 7 nitrogen and oxygen atoms in total. The molecule has 0 unspecified atom stereocenters. The van der Waals surface area contributed by atoms with E-state index < -0.39 is 0 Å². The molecular formula is C18H27N3O4. The number of hydrogen-bond acceptors (Lipinski definition) is 5. The molecule has 1 aliphatic heterocycles. The number of nitrogens with two attached hydrogens (primary N) is 1. The molecule has 1 fully saturated rings. The van der Waals surface area contributed by atoms with Crippen LogP contribution in [0.1, 0.15) is 25.3 Å². The van der Waals surface area contributed by atoms with Crippen LogP contribution in [0.3, 0.4) is 0 Å². The molecule has 2 amide bonds. The van der Waals surface area contributed by atoms with Gasteiger partial charge in [-0.1, -0.05) is 12.1 Å². The fourth-order valence-electron chi connectivity index (χ4n) is 2.98. The van der Waals surface area contributed by atoms with Crippen molar-refractivity contribution in [1.82, 2.24) is 10.6 Å². The minimum Gasteiger partial charge on any atom is -0.494 e. The second-order valence-electron chi connectivity index (χ2n) is 6.11. The highest BCUT2D eigenvalue weighted by Crippen LogP contribution is 2.35. The van der Waals surface area contributed by atoms with Crippen molar-refractivity contribution in [3.63, 3.8) is 0 Å². The summed E-state index contributed by atoms with van der Waals surface area (Å²) in [6, 6.07) is 8.02. The first-order valence-electron chi connectivity index (χ1n) is 8.64. The molecular weight excluding hydrogens is 322 g/mol. The van der Waals surface area contributed by atoms with E-state index in [9.17, 15) is 9.59 Å². The summed E-state index contributed by atoms with van der Waals surface area (Å²) in [7, 11) is 0. The smallest absolute Gasteiger partial charge is 0.239 e. The molecule has 1 aliphatic rings. The van der Waals surface area contributed by atoms with Gasteiger partial charge in [-0.3, -0.25) is 9.59 Å². The van der Waals surface area contributed by atoms with Crippen molar-refractivity contribution in [2.45, 2.75) is 25.2 Å². The summed E-state index contributed by atoms with van der Waals surface area (Å²) in [5, 5.41) is 5.41. The van der Waals surface area contributed by atoms with Gasteiger partial charge in [0.05, 0.1) is 19.7 Å². The van der Waals surface area contributed by atoms with Crippen LogP contribution in [0.4, 0.5) is 0 Å². The SMILES string of the molecule is CCOc1ccc(C2(CNC(=O)CNC(=O)CN)CCOCC2)cc1. The van der Waals surface area contributed by atoms with Crippen molar-refractivity contribution >= 4 is 11.8 Å². The van der Waals surface area contributed by atoms with E-state index in [-0.39, 0.29) is 30.3 Å². The maximum absolute atomic E-state index is 12.0. The minimum atomic E-state index is -0.345. The third kappa shape index (κ3) is 5.44. The van der Waals surface area contributed by atoms with Gasteiger partial charge >= 0.3 is 0 Å². The van der Waals surface area contributed by atoms with E-state index in [1.807, 2.05) is 19.1 Å². The lowest BCUT2D eigenvalue weighted by atomic mass is 9.74. The van der Waals surface area contributed by atoms with Crippen LogP contribution in [0.25, 0.3) is 0 Å². The third-order valence-electron chi connectivity index (χ3n) is 4.48. The molecule has 1 saturated heterocycles. The van der Waals surface area contributed by atoms with Gasteiger partial charge in [0.1, 0.15) is 5.75 Å². The largest absolute Gasteiger partial charge is 0.494 e. The highest BCUT2D eigenvalue weighted by atomic mass is 16.5. The second-order valence-corrected chi connectivity index (χ2v) is 6.11. The summed E-state index contributed by atoms with van der Waals surface area (Å²) in [5.41, 5.74) is 6.20. The third-order valence-corrected chi connectivity index (χ3v) is 4.48. The number of hydrogen-bond donors (Lipinski definition) is 3. The Morgan fingerprint density at radius 3 is 2.44 bits per heavy atom. The Morgan fingerprint density at radius 2 is 1.84 bits per heavy atom. The monoisotopic (exact) mass is 349 g/mol. The molecule has 1 aromatic carbocycles. The Labute approximate surface area is 148 Å². The molecule has 1 aromatic rings. The summed E-state index contributed by atoms with van der Waals surface area (Å²) >= 11 is 0. The first kappa shape index (κ1) is 19.2. The van der Waals surface area contributed by atoms with Crippen molar-refractivity contribution in [3.05, 3.63) is 29.8 Å². The molecule has 0 atom stereocenters. The van der Waals surface area contributed by atoms with Crippen LogP contribution in [0.5, 0.6) is 5.75 Å². The van der Waals surface area contributed by atoms with Gasteiger partial charge < -0.3 is 25.8 Å². The number of carbonyl (C=O) groups is 2. The van der Waals surface area contributed by atoms with Crippen LogP contribution >= 0.6 is 0 Å². The van der Waals surface area contributed by atoms with E-state index >= 15 is 0 Å². The highest BCUT2D eigenvalue weighted by Gasteiger charge is 2.34. The Kier molecular flexibility index (Phi) is 7.21. The number of carbonyl (C=O) groups excluding carboxylic acids is 2. The molecule has 25 heavy (non-hydrogen) atoms. The molecule has 0 aromatic heterocycles. The molecule has 2 rings (SSSR count). The first-order valence-corrected chi connectivity index (χ1v) is 8.64. The van der Waals surface area contributed by atoms with Crippen LogP contribution in [0.2, 0.25) is 0 Å². The second kappa shape index (κ2) is 9.39. The lowest BCUT2D eigenvalue weighted by Crippen LogP contribution is -2.47. The van der Waals surface area contributed by atoms with Crippen molar-refractivity contribution in [3.8, 4) is 5.75 Å².